The number of fused-ring (bicyclic) bond motifs is 1. The summed E-state index contributed by atoms with van der Waals surface area (Å²) in [4.78, 5) is 14.9. The molecule has 0 saturated heterocycles. The minimum atomic E-state index is -1.02. The zero-order chi connectivity index (χ0) is 14.1. The second-order valence-electron chi connectivity index (χ2n) is 4.11. The second-order valence-corrected chi connectivity index (χ2v) is 5.82. The zero-order valence-electron chi connectivity index (χ0n) is 10.1. The van der Waals surface area contributed by atoms with Crippen LogP contribution in [0.4, 0.5) is 10.8 Å². The van der Waals surface area contributed by atoms with E-state index in [1.165, 1.54) is 16.7 Å². The molecule has 0 atom stereocenters. The van der Waals surface area contributed by atoms with Crippen molar-refractivity contribution in [3.05, 3.63) is 51.9 Å². The third-order valence-electron chi connectivity index (χ3n) is 2.84. The van der Waals surface area contributed by atoms with Gasteiger partial charge in [-0.2, -0.15) is 0 Å². The topological polar surface area (TPSA) is 62.2 Å². The van der Waals surface area contributed by atoms with Crippen molar-refractivity contribution >= 4 is 54.8 Å². The number of carbonyl (C=O) groups is 1. The molecular weight excluding hydrogens is 340 g/mol. The molecule has 2 N–H and O–H groups in total. The number of rotatable bonds is 3. The Hall–Kier alpha value is -1.92. The molecule has 0 spiro atoms. The third-order valence-corrected chi connectivity index (χ3v) is 4.28. The Morgan fingerprint density at radius 1 is 1.20 bits per heavy atom. The van der Waals surface area contributed by atoms with E-state index in [-0.39, 0.29) is 5.69 Å². The van der Waals surface area contributed by atoms with Gasteiger partial charge in [0.05, 0.1) is 0 Å². The van der Waals surface area contributed by atoms with Gasteiger partial charge < -0.3 is 10.4 Å². The molecule has 0 amide bonds. The number of benzene rings is 2. The number of aromatic carboxylic acids is 1. The molecule has 1 heterocycles. The first-order valence-electron chi connectivity index (χ1n) is 5.78. The molecule has 0 aliphatic carbocycles. The molecule has 1 aromatic heterocycles. The number of carboxylic acid groups (broad SMARTS) is 1. The van der Waals surface area contributed by atoms with Crippen LogP contribution in [0.3, 0.4) is 0 Å². The first-order valence-corrected chi connectivity index (χ1v) is 7.45. The summed E-state index contributed by atoms with van der Waals surface area (Å²) in [7, 11) is 0. The van der Waals surface area contributed by atoms with E-state index in [2.05, 4.69) is 26.2 Å². The van der Waals surface area contributed by atoms with Crippen LogP contribution in [0, 0.1) is 0 Å². The van der Waals surface area contributed by atoms with Crippen molar-refractivity contribution in [2.24, 2.45) is 0 Å². The Balaban J connectivity index is 2.02. The van der Waals surface area contributed by atoms with E-state index in [9.17, 15) is 4.79 Å². The molecule has 0 unspecified atom stereocenters. The summed E-state index contributed by atoms with van der Waals surface area (Å²) < 4.78 is 1.02. The molecule has 6 heteroatoms. The number of nitrogens with zero attached hydrogens (tertiary/aromatic N) is 1. The third kappa shape index (κ3) is 2.39. The minimum Gasteiger partial charge on any atom is -0.476 e. The van der Waals surface area contributed by atoms with Crippen LogP contribution in [0.15, 0.2) is 46.3 Å². The minimum absolute atomic E-state index is 0.0546. The maximum Gasteiger partial charge on any atom is 0.355 e. The Morgan fingerprint density at radius 3 is 2.65 bits per heavy atom. The number of carboxylic acids is 1. The molecular formula is C14H9BrN2O2S. The van der Waals surface area contributed by atoms with Crippen molar-refractivity contribution in [3.8, 4) is 0 Å². The fourth-order valence-electron chi connectivity index (χ4n) is 1.92. The highest BCUT2D eigenvalue weighted by Gasteiger charge is 2.10. The smallest absolute Gasteiger partial charge is 0.355 e. The molecule has 100 valence electrons. The lowest BCUT2D eigenvalue weighted by Gasteiger charge is -2.08. The average Bonchev–Trinajstić information content (AvgIpc) is 2.91. The lowest BCUT2D eigenvalue weighted by atomic mass is 10.1. The van der Waals surface area contributed by atoms with Crippen molar-refractivity contribution < 1.29 is 9.90 Å². The highest BCUT2D eigenvalue weighted by atomic mass is 79.9. The summed E-state index contributed by atoms with van der Waals surface area (Å²) in [5, 5.41) is 16.3. The molecule has 0 saturated carbocycles. The maximum absolute atomic E-state index is 10.8. The second kappa shape index (κ2) is 5.22. The van der Waals surface area contributed by atoms with E-state index in [0.29, 0.717) is 5.13 Å². The fraction of sp³-hybridized carbons (Fsp3) is 0. The Kier molecular flexibility index (Phi) is 3.42. The summed E-state index contributed by atoms with van der Waals surface area (Å²) in [5.74, 6) is -1.02. The van der Waals surface area contributed by atoms with Crippen LogP contribution in [0.25, 0.3) is 10.8 Å². The summed E-state index contributed by atoms with van der Waals surface area (Å²) in [6.45, 7) is 0. The van der Waals surface area contributed by atoms with Crippen LogP contribution in [-0.4, -0.2) is 16.1 Å². The number of anilines is 2. The molecule has 0 fully saturated rings. The molecule has 20 heavy (non-hydrogen) atoms. The molecule has 0 aliphatic heterocycles. The van der Waals surface area contributed by atoms with Gasteiger partial charge in [0.1, 0.15) is 0 Å². The predicted octanol–water partition coefficient (Wildman–Crippen LogP) is 4.50. The Labute approximate surface area is 127 Å². The SMILES string of the molecule is O=C(O)c1csc(Nc2ccc(Br)c3ccccc23)n1. The monoisotopic (exact) mass is 348 g/mol. The van der Waals surface area contributed by atoms with Crippen molar-refractivity contribution in [1.29, 1.82) is 0 Å². The molecule has 2 aromatic carbocycles. The zero-order valence-corrected chi connectivity index (χ0v) is 12.5. The first-order chi connectivity index (χ1) is 9.65. The van der Waals surface area contributed by atoms with Crippen LogP contribution in [-0.2, 0) is 0 Å². The standard InChI is InChI=1S/C14H9BrN2O2S/c15-10-5-6-11(9-4-2-1-3-8(9)10)16-14-17-12(7-20-14)13(18)19/h1-7H,(H,16,17)(H,18,19). The lowest BCUT2D eigenvalue weighted by molar-refractivity contribution is 0.0691. The first kappa shape index (κ1) is 13.1. The van der Waals surface area contributed by atoms with E-state index in [0.717, 1.165) is 20.9 Å². The Bertz CT molecular complexity index is 801. The maximum atomic E-state index is 10.8. The number of aromatic nitrogens is 1. The fourth-order valence-corrected chi connectivity index (χ4v) is 3.09. The van der Waals surface area contributed by atoms with E-state index in [4.69, 9.17) is 5.11 Å². The quantitative estimate of drug-likeness (QED) is 0.731. The van der Waals surface area contributed by atoms with Gasteiger partial charge in [-0.15, -0.1) is 11.3 Å². The molecule has 3 aromatic rings. The van der Waals surface area contributed by atoms with Crippen molar-refractivity contribution in [1.82, 2.24) is 4.98 Å². The van der Waals surface area contributed by atoms with Crippen LogP contribution in [0.2, 0.25) is 0 Å². The number of thiazole rings is 1. The predicted molar refractivity (Wildman–Crippen MR) is 84.0 cm³/mol. The molecule has 0 radical (unpaired) electrons. The number of nitrogens with one attached hydrogen (secondary N) is 1. The molecule has 0 bridgehead atoms. The van der Waals surface area contributed by atoms with Crippen molar-refractivity contribution in [2.45, 2.75) is 0 Å². The highest BCUT2D eigenvalue weighted by Crippen LogP contribution is 2.32. The van der Waals surface area contributed by atoms with E-state index >= 15 is 0 Å². The summed E-state index contributed by atoms with van der Waals surface area (Å²) in [5.41, 5.74) is 0.953. The number of halogens is 1. The van der Waals surface area contributed by atoms with E-state index in [1.54, 1.807) is 0 Å². The van der Waals surface area contributed by atoms with Crippen LogP contribution in [0.1, 0.15) is 10.5 Å². The van der Waals surface area contributed by atoms with Crippen molar-refractivity contribution in [3.63, 3.8) is 0 Å². The summed E-state index contributed by atoms with van der Waals surface area (Å²) in [6, 6.07) is 11.9. The number of hydrogen-bond acceptors (Lipinski definition) is 4. The van der Waals surface area contributed by atoms with Gasteiger partial charge in [-0.1, -0.05) is 40.2 Å². The van der Waals surface area contributed by atoms with Gasteiger partial charge in [-0.05, 0) is 17.5 Å². The van der Waals surface area contributed by atoms with Crippen LogP contribution in [0.5, 0.6) is 0 Å². The van der Waals surface area contributed by atoms with Gasteiger partial charge in [0.15, 0.2) is 10.8 Å². The van der Waals surface area contributed by atoms with Gasteiger partial charge in [-0.3, -0.25) is 0 Å². The summed E-state index contributed by atoms with van der Waals surface area (Å²) in [6.07, 6.45) is 0. The van der Waals surface area contributed by atoms with Crippen LogP contribution >= 0.6 is 27.3 Å². The highest BCUT2D eigenvalue weighted by molar-refractivity contribution is 9.10. The molecule has 0 aliphatic rings. The lowest BCUT2D eigenvalue weighted by Crippen LogP contribution is -1.97. The van der Waals surface area contributed by atoms with Gasteiger partial charge in [0, 0.05) is 20.9 Å². The van der Waals surface area contributed by atoms with Crippen molar-refractivity contribution in [2.75, 3.05) is 5.32 Å². The van der Waals surface area contributed by atoms with E-state index in [1.807, 2.05) is 36.4 Å². The van der Waals surface area contributed by atoms with Crippen LogP contribution < -0.4 is 5.32 Å². The average molecular weight is 349 g/mol. The van der Waals surface area contributed by atoms with Gasteiger partial charge in [0.25, 0.3) is 0 Å². The largest absolute Gasteiger partial charge is 0.476 e. The van der Waals surface area contributed by atoms with E-state index < -0.39 is 5.97 Å². The van der Waals surface area contributed by atoms with Gasteiger partial charge >= 0.3 is 5.97 Å². The number of hydrogen-bond donors (Lipinski definition) is 2. The van der Waals surface area contributed by atoms with Gasteiger partial charge in [0.2, 0.25) is 0 Å². The molecule has 3 rings (SSSR count). The molecule has 4 nitrogen and oxygen atoms in total. The van der Waals surface area contributed by atoms with Gasteiger partial charge in [-0.25, -0.2) is 9.78 Å². The normalized spacial score (nSPS) is 10.7. The summed E-state index contributed by atoms with van der Waals surface area (Å²) >= 11 is 4.79. The Morgan fingerprint density at radius 2 is 1.95 bits per heavy atom.